The number of nitrogens with one attached hydrogen (secondary N) is 2. The molecule has 1 aliphatic heterocycles. The molecule has 0 unspecified atom stereocenters. The quantitative estimate of drug-likeness (QED) is 0.227. The third-order valence-corrected chi connectivity index (χ3v) is 6.13. The molecule has 1 saturated carbocycles. The molecule has 0 spiro atoms. The summed E-state index contributed by atoms with van der Waals surface area (Å²) in [4.78, 5) is 29.4. The Bertz CT molecular complexity index is 659. The Morgan fingerprint density at radius 2 is 1.74 bits per heavy atom. The molecule has 2 heterocycles. The average molecular weight is 543 g/mol. The van der Waals surface area contributed by atoms with E-state index in [1.54, 1.807) is 19.4 Å². The van der Waals surface area contributed by atoms with Crippen LogP contribution in [0.15, 0.2) is 23.5 Å². The Morgan fingerprint density at radius 1 is 1.06 bits per heavy atom. The van der Waals surface area contributed by atoms with Crippen molar-refractivity contribution in [2.75, 3.05) is 51.2 Å². The molecule has 3 rings (SSSR count). The minimum atomic E-state index is 0. The Balaban J connectivity index is 0.00000341. The van der Waals surface area contributed by atoms with Crippen LogP contribution in [0.4, 0.5) is 5.95 Å². The van der Waals surface area contributed by atoms with E-state index >= 15 is 0 Å². The fourth-order valence-corrected chi connectivity index (χ4v) is 4.35. The predicted octanol–water partition coefficient (Wildman–Crippen LogP) is 2.66. The molecule has 0 bridgehead atoms. The number of rotatable bonds is 8. The molecule has 0 aromatic carbocycles. The first kappa shape index (κ1) is 25.6. The van der Waals surface area contributed by atoms with Gasteiger partial charge in [-0.3, -0.25) is 9.79 Å². The minimum Gasteiger partial charge on any atom is -0.356 e. The number of piperazine rings is 1. The van der Waals surface area contributed by atoms with E-state index in [4.69, 9.17) is 0 Å². The van der Waals surface area contributed by atoms with Gasteiger partial charge in [0.25, 0.3) is 0 Å². The van der Waals surface area contributed by atoms with Crippen LogP contribution in [0.5, 0.6) is 0 Å². The van der Waals surface area contributed by atoms with E-state index in [0.717, 1.165) is 37.5 Å². The van der Waals surface area contributed by atoms with E-state index in [0.29, 0.717) is 26.1 Å². The van der Waals surface area contributed by atoms with Gasteiger partial charge >= 0.3 is 0 Å². The maximum atomic E-state index is 12.5. The number of anilines is 1. The van der Waals surface area contributed by atoms with Gasteiger partial charge in [-0.1, -0.05) is 32.1 Å². The number of hydrogen-bond donors (Lipinski definition) is 2. The molecule has 2 N–H and O–H groups in total. The maximum absolute atomic E-state index is 12.5. The van der Waals surface area contributed by atoms with Crippen molar-refractivity contribution in [1.82, 2.24) is 25.5 Å². The molecule has 1 saturated heterocycles. The van der Waals surface area contributed by atoms with Crippen LogP contribution in [0.3, 0.4) is 0 Å². The lowest BCUT2D eigenvalue weighted by atomic mass is 9.86. The third-order valence-electron chi connectivity index (χ3n) is 6.13. The molecule has 2 aliphatic rings. The van der Waals surface area contributed by atoms with Gasteiger partial charge in [-0.05, 0) is 24.8 Å². The van der Waals surface area contributed by atoms with Crippen LogP contribution in [0.1, 0.15) is 51.4 Å². The predicted molar refractivity (Wildman–Crippen MR) is 136 cm³/mol. The van der Waals surface area contributed by atoms with Crippen LogP contribution < -0.4 is 15.5 Å². The minimum absolute atomic E-state index is 0. The molecular weight excluding hydrogens is 505 g/mol. The third kappa shape index (κ3) is 8.78. The second-order valence-corrected chi connectivity index (χ2v) is 8.24. The van der Waals surface area contributed by atoms with Crippen LogP contribution in [0, 0.1) is 5.92 Å². The van der Waals surface area contributed by atoms with Crippen molar-refractivity contribution < 1.29 is 4.79 Å². The number of aliphatic imine (C=N–C) groups is 1. The summed E-state index contributed by atoms with van der Waals surface area (Å²) in [6, 6.07) is 1.82. The van der Waals surface area contributed by atoms with Crippen LogP contribution in [0.25, 0.3) is 0 Å². The van der Waals surface area contributed by atoms with E-state index in [-0.39, 0.29) is 29.9 Å². The summed E-state index contributed by atoms with van der Waals surface area (Å²) < 4.78 is 0. The number of guanidine groups is 1. The van der Waals surface area contributed by atoms with E-state index in [2.05, 4.69) is 30.5 Å². The molecule has 2 fully saturated rings. The number of nitrogens with zero attached hydrogens (tertiary/aromatic N) is 5. The summed E-state index contributed by atoms with van der Waals surface area (Å²) in [5, 5.41) is 6.65. The zero-order valence-corrected chi connectivity index (χ0v) is 21.1. The number of carbonyl (C=O) groups excluding carboxylic acids is 1. The van der Waals surface area contributed by atoms with Crippen molar-refractivity contribution in [3.63, 3.8) is 0 Å². The molecule has 31 heavy (non-hydrogen) atoms. The first-order chi connectivity index (χ1) is 14.8. The van der Waals surface area contributed by atoms with Crippen molar-refractivity contribution >= 4 is 41.8 Å². The van der Waals surface area contributed by atoms with Gasteiger partial charge in [-0.2, -0.15) is 0 Å². The van der Waals surface area contributed by atoms with Crippen molar-refractivity contribution in [2.45, 2.75) is 51.4 Å². The highest BCUT2D eigenvalue weighted by molar-refractivity contribution is 14.0. The van der Waals surface area contributed by atoms with E-state index in [1.807, 2.05) is 11.0 Å². The van der Waals surface area contributed by atoms with Crippen molar-refractivity contribution in [3.8, 4) is 0 Å². The number of amides is 1. The van der Waals surface area contributed by atoms with Crippen LogP contribution in [0.2, 0.25) is 0 Å². The van der Waals surface area contributed by atoms with Crippen LogP contribution >= 0.6 is 24.0 Å². The Hall–Kier alpha value is -1.65. The van der Waals surface area contributed by atoms with Gasteiger partial charge in [-0.25, -0.2) is 9.97 Å². The van der Waals surface area contributed by atoms with Crippen molar-refractivity contribution in [1.29, 1.82) is 0 Å². The van der Waals surface area contributed by atoms with Gasteiger partial charge < -0.3 is 20.4 Å². The second-order valence-electron chi connectivity index (χ2n) is 8.24. The zero-order valence-electron chi connectivity index (χ0n) is 18.8. The number of carbonyl (C=O) groups is 1. The van der Waals surface area contributed by atoms with Crippen molar-refractivity contribution in [2.24, 2.45) is 10.9 Å². The molecule has 9 heteroatoms. The molecule has 1 aromatic rings. The van der Waals surface area contributed by atoms with Gasteiger partial charge in [-0.15, -0.1) is 24.0 Å². The first-order valence-corrected chi connectivity index (χ1v) is 11.5. The second kappa shape index (κ2) is 14.4. The Kier molecular flexibility index (Phi) is 11.9. The standard InChI is InChI=1S/C22H37N7O.HI/c1-23-21(24-11-5-9-19-7-3-2-4-8-19)25-14-10-20(30)28-15-17-29(18-16-28)22-26-12-6-13-27-22;/h6,12-13,19H,2-5,7-11,14-18H2,1H3,(H2,23,24,25);1H. The number of halogens is 1. The van der Waals surface area contributed by atoms with Crippen LogP contribution in [-0.4, -0.2) is 73.1 Å². The highest BCUT2D eigenvalue weighted by Crippen LogP contribution is 2.26. The maximum Gasteiger partial charge on any atom is 0.225 e. The smallest absolute Gasteiger partial charge is 0.225 e. The van der Waals surface area contributed by atoms with Gasteiger partial charge in [0.15, 0.2) is 5.96 Å². The van der Waals surface area contributed by atoms with Gasteiger partial charge in [0.2, 0.25) is 11.9 Å². The molecule has 174 valence electrons. The van der Waals surface area contributed by atoms with E-state index in [9.17, 15) is 4.79 Å². The largest absolute Gasteiger partial charge is 0.356 e. The summed E-state index contributed by atoms with van der Waals surface area (Å²) >= 11 is 0. The fourth-order valence-electron chi connectivity index (χ4n) is 4.35. The summed E-state index contributed by atoms with van der Waals surface area (Å²) in [5.74, 6) is 2.63. The summed E-state index contributed by atoms with van der Waals surface area (Å²) in [7, 11) is 1.78. The highest BCUT2D eigenvalue weighted by atomic mass is 127. The fraction of sp³-hybridized carbons (Fsp3) is 0.727. The number of hydrogen-bond acceptors (Lipinski definition) is 5. The summed E-state index contributed by atoms with van der Waals surface area (Å²) in [6.07, 6.45) is 13.5. The highest BCUT2D eigenvalue weighted by Gasteiger charge is 2.22. The molecule has 8 nitrogen and oxygen atoms in total. The number of aromatic nitrogens is 2. The molecule has 0 radical (unpaired) electrons. The molecular formula is C22H38IN7O. The molecule has 0 atom stereocenters. The lowest BCUT2D eigenvalue weighted by molar-refractivity contribution is -0.131. The van der Waals surface area contributed by atoms with Crippen LogP contribution in [-0.2, 0) is 4.79 Å². The molecule has 1 aromatic heterocycles. The normalized spacial score (nSPS) is 17.8. The summed E-state index contributed by atoms with van der Waals surface area (Å²) in [6.45, 7) is 4.51. The van der Waals surface area contributed by atoms with E-state index < -0.39 is 0 Å². The molecule has 1 amide bonds. The van der Waals surface area contributed by atoms with Gasteiger partial charge in [0.05, 0.1) is 0 Å². The van der Waals surface area contributed by atoms with Crippen molar-refractivity contribution in [3.05, 3.63) is 18.5 Å². The monoisotopic (exact) mass is 543 g/mol. The molecule has 1 aliphatic carbocycles. The van der Waals surface area contributed by atoms with E-state index in [1.165, 1.54) is 44.9 Å². The Labute approximate surface area is 203 Å². The first-order valence-electron chi connectivity index (χ1n) is 11.5. The van der Waals surface area contributed by atoms with Gasteiger partial charge in [0.1, 0.15) is 0 Å². The topological polar surface area (TPSA) is 85.8 Å². The average Bonchev–Trinajstić information content (AvgIpc) is 2.82. The lowest BCUT2D eigenvalue weighted by Gasteiger charge is -2.34. The summed E-state index contributed by atoms with van der Waals surface area (Å²) in [5.41, 5.74) is 0. The van der Waals surface area contributed by atoms with Gasteiger partial charge in [0, 0.05) is 65.1 Å². The zero-order chi connectivity index (χ0) is 21.0. The lowest BCUT2D eigenvalue weighted by Crippen LogP contribution is -2.50. The SMILES string of the molecule is CN=C(NCCCC1CCCCC1)NCCC(=O)N1CCN(c2ncccn2)CC1.I. The Morgan fingerprint density at radius 3 is 2.42 bits per heavy atom.